The number of aromatic nitrogens is 2. The van der Waals surface area contributed by atoms with Gasteiger partial charge in [0.25, 0.3) is 0 Å². The van der Waals surface area contributed by atoms with Gasteiger partial charge in [0.1, 0.15) is 0 Å². The second-order valence-corrected chi connectivity index (χ2v) is 2.21. The summed E-state index contributed by atoms with van der Waals surface area (Å²) >= 11 is 5.49. The largest absolute Gasteiger partial charge is 0.298 e. The van der Waals surface area contributed by atoms with E-state index in [1.807, 2.05) is 0 Å². The summed E-state index contributed by atoms with van der Waals surface area (Å²) in [5, 5.41) is 7.33. The van der Waals surface area contributed by atoms with E-state index >= 15 is 0 Å². The molecular formula is C6H5ClN2O. The number of hydrogen-bond donors (Lipinski definition) is 0. The van der Waals surface area contributed by atoms with Crippen LogP contribution in [0.4, 0.5) is 0 Å². The Kier molecular flexibility index (Phi) is 1.97. The van der Waals surface area contributed by atoms with Gasteiger partial charge in [0.05, 0.1) is 11.3 Å². The van der Waals surface area contributed by atoms with Crippen molar-refractivity contribution in [3.63, 3.8) is 0 Å². The van der Waals surface area contributed by atoms with E-state index in [1.54, 1.807) is 13.0 Å². The molecule has 10 heavy (non-hydrogen) atoms. The number of aldehydes is 1. The average Bonchev–Trinajstić information content (AvgIpc) is 1.94. The first kappa shape index (κ1) is 7.15. The highest BCUT2D eigenvalue weighted by Crippen LogP contribution is 2.08. The third-order valence-electron chi connectivity index (χ3n) is 1.03. The SMILES string of the molecule is Cc1cc(C=O)c(Cl)nn1. The highest BCUT2D eigenvalue weighted by atomic mass is 35.5. The molecule has 0 aliphatic carbocycles. The van der Waals surface area contributed by atoms with Crippen molar-refractivity contribution >= 4 is 17.9 Å². The number of nitrogens with zero attached hydrogens (tertiary/aromatic N) is 2. The third-order valence-corrected chi connectivity index (χ3v) is 1.32. The van der Waals surface area contributed by atoms with Crippen molar-refractivity contribution in [3.8, 4) is 0 Å². The van der Waals surface area contributed by atoms with Gasteiger partial charge in [-0.3, -0.25) is 4.79 Å². The second-order valence-electron chi connectivity index (χ2n) is 1.85. The molecule has 0 radical (unpaired) electrons. The van der Waals surface area contributed by atoms with Crippen molar-refractivity contribution in [1.29, 1.82) is 0 Å². The summed E-state index contributed by atoms with van der Waals surface area (Å²) in [7, 11) is 0. The molecule has 0 spiro atoms. The van der Waals surface area contributed by atoms with Crippen molar-refractivity contribution in [2.24, 2.45) is 0 Å². The van der Waals surface area contributed by atoms with Crippen molar-refractivity contribution in [3.05, 3.63) is 22.5 Å². The molecule has 1 heterocycles. The Labute approximate surface area is 63.0 Å². The predicted octanol–water partition coefficient (Wildman–Crippen LogP) is 1.25. The molecule has 4 heteroatoms. The van der Waals surface area contributed by atoms with Crippen molar-refractivity contribution in [2.45, 2.75) is 6.92 Å². The lowest BCUT2D eigenvalue weighted by molar-refractivity contribution is 0.112. The number of carbonyl (C=O) groups excluding carboxylic acids is 1. The van der Waals surface area contributed by atoms with Gasteiger partial charge in [0.15, 0.2) is 11.4 Å². The maximum absolute atomic E-state index is 10.2. The van der Waals surface area contributed by atoms with Crippen molar-refractivity contribution in [1.82, 2.24) is 10.2 Å². The van der Waals surface area contributed by atoms with Crippen LogP contribution < -0.4 is 0 Å². The topological polar surface area (TPSA) is 42.9 Å². The lowest BCUT2D eigenvalue weighted by Crippen LogP contribution is -1.91. The molecule has 0 aliphatic heterocycles. The van der Waals surface area contributed by atoms with Crippen LogP contribution >= 0.6 is 11.6 Å². The molecule has 1 aromatic heterocycles. The minimum Gasteiger partial charge on any atom is -0.298 e. The van der Waals surface area contributed by atoms with Crippen LogP contribution in [0, 0.1) is 6.92 Å². The van der Waals surface area contributed by atoms with Gasteiger partial charge in [-0.2, -0.15) is 5.10 Å². The zero-order valence-electron chi connectivity index (χ0n) is 5.34. The summed E-state index contributed by atoms with van der Waals surface area (Å²) in [5.74, 6) is 0. The van der Waals surface area contributed by atoms with Gasteiger partial charge in [-0.05, 0) is 13.0 Å². The molecule has 0 amide bonds. The Bertz CT molecular complexity index is 262. The van der Waals surface area contributed by atoms with E-state index in [4.69, 9.17) is 11.6 Å². The summed E-state index contributed by atoms with van der Waals surface area (Å²) in [6.07, 6.45) is 0.657. The third kappa shape index (κ3) is 1.30. The van der Waals surface area contributed by atoms with Gasteiger partial charge in [-0.1, -0.05) is 11.6 Å². The van der Waals surface area contributed by atoms with E-state index in [1.165, 1.54) is 0 Å². The Balaban J connectivity index is 3.21. The molecule has 0 bridgehead atoms. The molecule has 1 rings (SSSR count). The van der Waals surface area contributed by atoms with Crippen LogP contribution in [0.5, 0.6) is 0 Å². The fourth-order valence-electron chi connectivity index (χ4n) is 0.577. The molecule has 1 aromatic rings. The summed E-state index contributed by atoms with van der Waals surface area (Å²) < 4.78 is 0. The Morgan fingerprint density at radius 1 is 1.60 bits per heavy atom. The highest BCUT2D eigenvalue weighted by Gasteiger charge is 1.99. The molecule has 0 N–H and O–H groups in total. The molecule has 0 unspecified atom stereocenters. The van der Waals surface area contributed by atoms with Gasteiger partial charge >= 0.3 is 0 Å². The van der Waals surface area contributed by atoms with E-state index in [0.717, 1.165) is 0 Å². The van der Waals surface area contributed by atoms with Crippen LogP contribution in [-0.2, 0) is 0 Å². The molecule has 0 aromatic carbocycles. The molecule has 3 nitrogen and oxygen atoms in total. The smallest absolute Gasteiger partial charge is 0.162 e. The normalized spacial score (nSPS) is 9.40. The number of hydrogen-bond acceptors (Lipinski definition) is 3. The lowest BCUT2D eigenvalue weighted by atomic mass is 10.3. The number of carbonyl (C=O) groups is 1. The zero-order chi connectivity index (χ0) is 7.56. The molecule has 0 saturated carbocycles. The van der Waals surface area contributed by atoms with Gasteiger partial charge in [-0.25, -0.2) is 0 Å². The highest BCUT2D eigenvalue weighted by molar-refractivity contribution is 6.31. The number of halogens is 1. The van der Waals surface area contributed by atoms with E-state index in [9.17, 15) is 4.79 Å². The van der Waals surface area contributed by atoms with Gasteiger partial charge in [0, 0.05) is 0 Å². The minimum atomic E-state index is 0.153. The summed E-state index contributed by atoms with van der Waals surface area (Å²) in [6, 6.07) is 1.59. The molecule has 0 aliphatic rings. The number of rotatable bonds is 1. The summed E-state index contributed by atoms with van der Waals surface area (Å²) in [5.41, 5.74) is 1.07. The van der Waals surface area contributed by atoms with Crippen LogP contribution in [0.25, 0.3) is 0 Å². The van der Waals surface area contributed by atoms with Gasteiger partial charge in [-0.15, -0.1) is 5.10 Å². The first-order chi connectivity index (χ1) is 4.74. The zero-order valence-corrected chi connectivity index (χ0v) is 6.09. The molecule has 52 valence electrons. The van der Waals surface area contributed by atoms with Crippen molar-refractivity contribution in [2.75, 3.05) is 0 Å². The van der Waals surface area contributed by atoms with E-state index in [-0.39, 0.29) is 5.15 Å². The fourth-order valence-corrected chi connectivity index (χ4v) is 0.714. The summed E-state index contributed by atoms with van der Waals surface area (Å²) in [4.78, 5) is 10.2. The predicted molar refractivity (Wildman–Crippen MR) is 37.2 cm³/mol. The van der Waals surface area contributed by atoms with E-state index in [0.29, 0.717) is 17.5 Å². The van der Waals surface area contributed by atoms with Gasteiger partial charge in [0.2, 0.25) is 0 Å². The first-order valence-corrected chi connectivity index (χ1v) is 3.07. The summed E-state index contributed by atoms with van der Waals surface area (Å²) in [6.45, 7) is 1.75. The molecule has 0 atom stereocenters. The van der Waals surface area contributed by atoms with E-state index < -0.39 is 0 Å². The van der Waals surface area contributed by atoms with Crippen molar-refractivity contribution < 1.29 is 4.79 Å². The van der Waals surface area contributed by atoms with Crippen LogP contribution in [0.2, 0.25) is 5.15 Å². The van der Waals surface area contributed by atoms with E-state index in [2.05, 4.69) is 10.2 Å². The van der Waals surface area contributed by atoms with Gasteiger partial charge < -0.3 is 0 Å². The standard InChI is InChI=1S/C6H5ClN2O/c1-4-2-5(3-10)6(7)9-8-4/h2-3H,1H3. The Morgan fingerprint density at radius 3 is 2.80 bits per heavy atom. The minimum absolute atomic E-state index is 0.153. The molecular weight excluding hydrogens is 152 g/mol. The lowest BCUT2D eigenvalue weighted by Gasteiger charge is -1.92. The maximum atomic E-state index is 10.2. The van der Waals surface area contributed by atoms with Crippen LogP contribution in [0.15, 0.2) is 6.07 Å². The quantitative estimate of drug-likeness (QED) is 0.575. The number of aryl methyl sites for hydroxylation is 1. The fraction of sp³-hybridized carbons (Fsp3) is 0.167. The van der Waals surface area contributed by atoms with Crippen LogP contribution in [-0.4, -0.2) is 16.5 Å². The Hall–Kier alpha value is -0.960. The van der Waals surface area contributed by atoms with Crippen LogP contribution in [0.1, 0.15) is 16.1 Å². The molecule has 0 saturated heterocycles. The second kappa shape index (κ2) is 2.75. The maximum Gasteiger partial charge on any atom is 0.162 e. The van der Waals surface area contributed by atoms with Crippen LogP contribution in [0.3, 0.4) is 0 Å². The first-order valence-electron chi connectivity index (χ1n) is 2.69. The monoisotopic (exact) mass is 156 g/mol. The Morgan fingerprint density at radius 2 is 2.30 bits per heavy atom. The molecule has 0 fully saturated rings. The average molecular weight is 157 g/mol.